The molecule has 4 N–H and O–H groups in total. The van der Waals surface area contributed by atoms with Crippen molar-refractivity contribution in [2.75, 3.05) is 31.2 Å². The number of hydrogen-bond donors (Lipinski definition) is 4. The normalized spacial score (nSPS) is 11.9. The molecular formula is C29H36N4O7S2. The summed E-state index contributed by atoms with van der Waals surface area (Å²) in [5.74, 6) is -2.42. The van der Waals surface area contributed by atoms with Gasteiger partial charge in [0.15, 0.2) is 0 Å². The molecule has 0 bridgehead atoms. The molecule has 0 unspecified atom stereocenters. The lowest BCUT2D eigenvalue weighted by Gasteiger charge is -2.20. The number of esters is 1. The van der Waals surface area contributed by atoms with E-state index in [1.165, 1.54) is 28.5 Å². The molecule has 0 radical (unpaired) electrons. The number of hydrogen-bond acceptors (Lipinski definition) is 9. The predicted molar refractivity (Wildman–Crippen MR) is 162 cm³/mol. The van der Waals surface area contributed by atoms with Gasteiger partial charge in [-0.15, -0.1) is 0 Å². The molecule has 0 aliphatic carbocycles. The van der Waals surface area contributed by atoms with Crippen LogP contribution in [0.5, 0.6) is 0 Å². The van der Waals surface area contributed by atoms with Crippen LogP contribution in [0.4, 0.5) is 0 Å². The first kappa shape index (κ1) is 34.4. The van der Waals surface area contributed by atoms with Gasteiger partial charge >= 0.3 is 5.97 Å². The highest BCUT2D eigenvalue weighted by Crippen LogP contribution is 2.23. The molecule has 0 aliphatic rings. The maximum atomic E-state index is 12.8. The molecule has 0 spiro atoms. The first-order valence-corrected chi connectivity index (χ1v) is 15.8. The largest absolute Gasteiger partial charge is 0.465 e. The minimum absolute atomic E-state index is 0.0617. The van der Waals surface area contributed by atoms with Gasteiger partial charge in [0.1, 0.15) is 24.4 Å². The second-order valence-corrected chi connectivity index (χ2v) is 11.6. The molecule has 2 rings (SSSR count). The standard InChI is InChI=1S/C29H36N4O7S2/c1-3-40-27(37)17-31-29(39)24(33-26(36)15-22-12-8-5-9-13-22)19-42-41-18-23(28(38)30-16-20(2)34)32-25(35)14-21-10-6-4-7-11-21/h4-13,23-24H,3,14-19H2,1-2H3,(H,30,38)(H,31,39)(H,32,35)(H,33,36)/t23-,24-/m0/s1. The summed E-state index contributed by atoms with van der Waals surface area (Å²) in [7, 11) is 2.43. The molecule has 0 saturated heterocycles. The Balaban J connectivity index is 1.99. The highest BCUT2D eigenvalue weighted by atomic mass is 33.1. The molecule has 2 atom stereocenters. The molecule has 4 amide bonds. The summed E-state index contributed by atoms with van der Waals surface area (Å²) in [6.07, 6.45) is 0.136. The summed E-state index contributed by atoms with van der Waals surface area (Å²) in [6.45, 7) is 2.64. The van der Waals surface area contributed by atoms with E-state index >= 15 is 0 Å². The van der Waals surface area contributed by atoms with Crippen molar-refractivity contribution < 1.29 is 33.5 Å². The molecule has 11 nitrogen and oxygen atoms in total. The van der Waals surface area contributed by atoms with Gasteiger partial charge in [-0.05, 0) is 25.0 Å². The first-order valence-electron chi connectivity index (χ1n) is 13.3. The summed E-state index contributed by atoms with van der Waals surface area (Å²) >= 11 is 0. The lowest BCUT2D eigenvalue weighted by atomic mass is 10.1. The Hall–Kier alpha value is -3.84. The summed E-state index contributed by atoms with van der Waals surface area (Å²) in [4.78, 5) is 73.9. The number of carbonyl (C=O) groups excluding carboxylic acids is 6. The van der Waals surface area contributed by atoms with Crippen LogP contribution in [0.2, 0.25) is 0 Å². The lowest BCUT2D eigenvalue weighted by molar-refractivity contribution is -0.143. The molecule has 13 heteroatoms. The molecule has 0 fully saturated rings. The Morgan fingerprint density at radius 3 is 1.52 bits per heavy atom. The predicted octanol–water partition coefficient (Wildman–Crippen LogP) is 1.21. The maximum absolute atomic E-state index is 12.8. The van der Waals surface area contributed by atoms with Gasteiger partial charge in [-0.1, -0.05) is 82.3 Å². The smallest absolute Gasteiger partial charge is 0.325 e. The number of ketones is 1. The second-order valence-electron chi connectivity index (χ2n) is 9.08. The van der Waals surface area contributed by atoms with Crippen LogP contribution in [0.3, 0.4) is 0 Å². The number of nitrogens with one attached hydrogen (secondary N) is 4. The van der Waals surface area contributed by atoms with E-state index in [1.54, 1.807) is 43.3 Å². The molecule has 2 aromatic carbocycles. The fourth-order valence-corrected chi connectivity index (χ4v) is 5.81. The van der Waals surface area contributed by atoms with Crippen LogP contribution < -0.4 is 21.3 Å². The first-order chi connectivity index (χ1) is 20.2. The maximum Gasteiger partial charge on any atom is 0.325 e. The molecule has 226 valence electrons. The van der Waals surface area contributed by atoms with Gasteiger partial charge in [0.2, 0.25) is 23.6 Å². The monoisotopic (exact) mass is 616 g/mol. The van der Waals surface area contributed by atoms with Crippen molar-refractivity contribution >= 4 is 57.0 Å². The molecule has 0 aliphatic heterocycles. The number of rotatable bonds is 18. The second kappa shape index (κ2) is 19.3. The SMILES string of the molecule is CCOC(=O)CNC(=O)[C@H](CSSC[C@H](NC(=O)Cc1ccccc1)C(=O)NCC(C)=O)NC(=O)Cc1ccccc1. The summed E-state index contributed by atoms with van der Waals surface area (Å²) < 4.78 is 4.84. The fraction of sp³-hybridized carbons (Fsp3) is 0.379. The Labute approximate surface area is 253 Å². The molecule has 0 aromatic heterocycles. The van der Waals surface area contributed by atoms with Crippen molar-refractivity contribution in [1.82, 2.24) is 21.3 Å². The third kappa shape index (κ3) is 14.2. The third-order valence-electron chi connectivity index (χ3n) is 5.50. The van der Waals surface area contributed by atoms with Gasteiger partial charge < -0.3 is 26.0 Å². The average Bonchev–Trinajstić information content (AvgIpc) is 2.96. The van der Waals surface area contributed by atoms with Gasteiger partial charge in [-0.3, -0.25) is 28.8 Å². The van der Waals surface area contributed by atoms with E-state index in [1.807, 2.05) is 24.3 Å². The van der Waals surface area contributed by atoms with Gasteiger partial charge in [0.25, 0.3) is 0 Å². The van der Waals surface area contributed by atoms with Crippen molar-refractivity contribution in [1.29, 1.82) is 0 Å². The lowest BCUT2D eigenvalue weighted by Crippen LogP contribution is -2.50. The quantitative estimate of drug-likeness (QED) is 0.110. The van der Waals surface area contributed by atoms with Gasteiger partial charge in [-0.25, -0.2) is 0 Å². The molecule has 0 saturated carbocycles. The molecular weight excluding hydrogens is 580 g/mol. The zero-order valence-corrected chi connectivity index (χ0v) is 25.2. The Morgan fingerprint density at radius 2 is 1.12 bits per heavy atom. The van der Waals surface area contributed by atoms with Gasteiger partial charge in [-0.2, -0.15) is 0 Å². The number of ether oxygens (including phenoxy) is 1. The molecule has 0 heterocycles. The van der Waals surface area contributed by atoms with Crippen LogP contribution in [0.15, 0.2) is 60.7 Å². The summed E-state index contributed by atoms with van der Waals surface area (Å²) in [6, 6.07) is 16.2. The van der Waals surface area contributed by atoms with E-state index in [0.717, 1.165) is 11.1 Å². The number of Topliss-reactive ketones (excluding diaryl/α,β-unsaturated/α-hetero) is 1. The summed E-state index contributed by atoms with van der Waals surface area (Å²) in [5, 5.41) is 10.4. The molecule has 42 heavy (non-hydrogen) atoms. The highest BCUT2D eigenvalue weighted by molar-refractivity contribution is 8.76. The van der Waals surface area contributed by atoms with E-state index in [0.29, 0.717) is 0 Å². The van der Waals surface area contributed by atoms with Crippen molar-refractivity contribution in [2.24, 2.45) is 0 Å². The van der Waals surface area contributed by atoms with E-state index < -0.39 is 29.9 Å². The van der Waals surface area contributed by atoms with Crippen molar-refractivity contribution in [3.8, 4) is 0 Å². The minimum Gasteiger partial charge on any atom is -0.465 e. The zero-order chi connectivity index (χ0) is 30.7. The van der Waals surface area contributed by atoms with Crippen molar-refractivity contribution in [3.63, 3.8) is 0 Å². The Morgan fingerprint density at radius 1 is 0.690 bits per heavy atom. The average molecular weight is 617 g/mol. The van der Waals surface area contributed by atoms with E-state index in [9.17, 15) is 28.8 Å². The Bertz CT molecular complexity index is 1200. The topological polar surface area (TPSA) is 160 Å². The van der Waals surface area contributed by atoms with Crippen LogP contribution >= 0.6 is 21.6 Å². The van der Waals surface area contributed by atoms with Crippen molar-refractivity contribution in [2.45, 2.75) is 38.8 Å². The highest BCUT2D eigenvalue weighted by Gasteiger charge is 2.24. The fourth-order valence-electron chi connectivity index (χ4n) is 3.48. The number of carbonyl (C=O) groups is 6. The van der Waals surface area contributed by atoms with Gasteiger partial charge in [0.05, 0.1) is 26.0 Å². The van der Waals surface area contributed by atoms with Crippen LogP contribution in [-0.2, 0) is 46.3 Å². The molecule has 2 aromatic rings. The van der Waals surface area contributed by atoms with Gasteiger partial charge in [0, 0.05) is 11.5 Å². The van der Waals surface area contributed by atoms with Crippen molar-refractivity contribution in [3.05, 3.63) is 71.8 Å². The van der Waals surface area contributed by atoms with Crippen LogP contribution in [0.1, 0.15) is 25.0 Å². The third-order valence-corrected chi connectivity index (χ3v) is 7.92. The summed E-state index contributed by atoms with van der Waals surface area (Å²) in [5.41, 5.74) is 1.55. The van der Waals surface area contributed by atoms with Crippen LogP contribution in [0, 0.1) is 0 Å². The van der Waals surface area contributed by atoms with E-state index in [2.05, 4.69) is 21.3 Å². The van der Waals surface area contributed by atoms with E-state index in [-0.39, 0.29) is 61.6 Å². The van der Waals surface area contributed by atoms with Crippen LogP contribution in [-0.4, -0.2) is 78.7 Å². The minimum atomic E-state index is -0.981. The Kier molecular flexibility index (Phi) is 15.8. The number of amides is 4. The number of benzene rings is 2. The van der Waals surface area contributed by atoms with E-state index in [4.69, 9.17) is 4.74 Å². The zero-order valence-electron chi connectivity index (χ0n) is 23.6. The van der Waals surface area contributed by atoms with Crippen LogP contribution in [0.25, 0.3) is 0 Å².